The Kier molecular flexibility index (Phi) is 13.8. The smallest absolute Gasteiger partial charge is 0.258 e. The maximum absolute atomic E-state index is 12.3. The van der Waals surface area contributed by atoms with Crippen molar-refractivity contribution in [2.45, 2.75) is 13.0 Å². The molecule has 0 bridgehead atoms. The molecule has 2 N–H and O–H groups in total. The van der Waals surface area contributed by atoms with Crippen LogP contribution in [0.5, 0.6) is 11.6 Å². The molecule has 0 saturated heterocycles. The highest BCUT2D eigenvalue weighted by Gasteiger charge is 2.14. The standard InChI is InChI=1S/C43H44N6O8/c1-51-41-27-34(13-14-46-41)43-48-42(49-57-43)38-11-9-32-25-35(10-12-37(32)47-38)55-29-40(50)45-16-18-53-20-22-54-21-19-52-17-15-44-28-31-7-8-33-26-36(56-39(33)24-31)23-30-5-3-2-4-6-30/h2-14,24-27,44H,15-23,28-29H2,1H3,(H,45,50). The fourth-order valence-electron chi connectivity index (χ4n) is 5.92. The quantitative estimate of drug-likeness (QED) is 0.0769. The van der Waals surface area contributed by atoms with E-state index < -0.39 is 0 Å². The summed E-state index contributed by atoms with van der Waals surface area (Å²) in [6.07, 6.45) is 2.39. The van der Waals surface area contributed by atoms with E-state index in [4.69, 9.17) is 32.6 Å². The fraction of sp³-hybridized carbons (Fsp3) is 0.279. The molecule has 0 saturated carbocycles. The number of hydrogen-bond acceptors (Lipinski definition) is 13. The number of pyridine rings is 2. The minimum atomic E-state index is -0.249. The number of benzene rings is 3. The SMILES string of the molecule is COc1cc(-c2nc(-c3ccc4cc(OCC(=O)NCCOCCOCCOCCNCc5ccc6cc(Cc7ccccc7)oc6c5)ccc4n3)no2)ccn1. The van der Waals surface area contributed by atoms with Crippen molar-refractivity contribution < 1.29 is 37.4 Å². The van der Waals surface area contributed by atoms with Crippen molar-refractivity contribution in [3.63, 3.8) is 0 Å². The van der Waals surface area contributed by atoms with E-state index in [1.54, 1.807) is 37.6 Å². The van der Waals surface area contributed by atoms with Crippen LogP contribution >= 0.6 is 0 Å². The second-order valence-corrected chi connectivity index (χ2v) is 13.0. The number of aromatic nitrogens is 4. The molecule has 4 heterocycles. The van der Waals surface area contributed by atoms with Crippen molar-refractivity contribution >= 4 is 27.8 Å². The topological polar surface area (TPSA) is 165 Å². The van der Waals surface area contributed by atoms with Crippen LogP contribution in [0.15, 0.2) is 112 Å². The van der Waals surface area contributed by atoms with Gasteiger partial charge in [-0.1, -0.05) is 53.7 Å². The number of methoxy groups -OCH3 is 1. The number of carbonyl (C=O) groups is 1. The lowest BCUT2D eigenvalue weighted by atomic mass is 10.1. The Bertz CT molecular complexity index is 2350. The van der Waals surface area contributed by atoms with E-state index >= 15 is 0 Å². The van der Waals surface area contributed by atoms with Crippen molar-refractivity contribution in [3.8, 4) is 34.6 Å². The predicted octanol–water partition coefficient (Wildman–Crippen LogP) is 6.03. The largest absolute Gasteiger partial charge is 0.484 e. The summed E-state index contributed by atoms with van der Waals surface area (Å²) in [6.45, 7) is 4.48. The van der Waals surface area contributed by atoms with Gasteiger partial charge in [0.05, 0.1) is 52.3 Å². The van der Waals surface area contributed by atoms with Crippen LogP contribution in [-0.4, -0.2) is 92.5 Å². The number of ether oxygens (including phenoxy) is 5. The lowest BCUT2D eigenvalue weighted by Crippen LogP contribution is -2.31. The van der Waals surface area contributed by atoms with Gasteiger partial charge < -0.3 is 43.3 Å². The summed E-state index contributed by atoms with van der Waals surface area (Å²) >= 11 is 0. The zero-order valence-electron chi connectivity index (χ0n) is 31.6. The number of nitrogens with one attached hydrogen (secondary N) is 2. The van der Waals surface area contributed by atoms with Crippen molar-refractivity contribution in [2.75, 3.05) is 66.4 Å². The molecule has 0 spiro atoms. The normalized spacial score (nSPS) is 11.3. The van der Waals surface area contributed by atoms with Crippen LogP contribution in [0.25, 0.3) is 44.8 Å². The molecule has 0 unspecified atom stereocenters. The lowest BCUT2D eigenvalue weighted by molar-refractivity contribution is -0.123. The van der Waals surface area contributed by atoms with E-state index in [2.05, 4.69) is 67.1 Å². The highest BCUT2D eigenvalue weighted by Crippen LogP contribution is 2.26. The van der Waals surface area contributed by atoms with Gasteiger partial charge >= 0.3 is 0 Å². The maximum Gasteiger partial charge on any atom is 0.258 e. The molecule has 7 rings (SSSR count). The van der Waals surface area contributed by atoms with E-state index in [1.807, 2.05) is 36.4 Å². The van der Waals surface area contributed by atoms with Gasteiger partial charge in [-0.25, -0.2) is 9.97 Å². The van der Waals surface area contributed by atoms with Gasteiger partial charge in [-0.2, -0.15) is 4.98 Å². The molecule has 1 amide bonds. The molecule has 0 radical (unpaired) electrons. The van der Waals surface area contributed by atoms with Crippen LogP contribution in [-0.2, 0) is 32.0 Å². The number of hydrogen-bond donors (Lipinski definition) is 2. The Morgan fingerprint density at radius 3 is 2.40 bits per heavy atom. The molecule has 0 fully saturated rings. The molecule has 0 atom stereocenters. The molecular formula is C43H44N6O8. The average Bonchev–Trinajstić information content (AvgIpc) is 3.91. The Morgan fingerprint density at radius 2 is 1.56 bits per heavy atom. The molecule has 57 heavy (non-hydrogen) atoms. The lowest BCUT2D eigenvalue weighted by Gasteiger charge is -2.09. The second kappa shape index (κ2) is 20.1. The maximum atomic E-state index is 12.3. The van der Waals surface area contributed by atoms with E-state index in [-0.39, 0.29) is 12.5 Å². The van der Waals surface area contributed by atoms with Gasteiger partial charge in [-0.15, -0.1) is 0 Å². The van der Waals surface area contributed by atoms with Gasteiger partial charge in [-0.3, -0.25) is 4.79 Å². The number of carbonyl (C=O) groups excluding carboxylic acids is 1. The first kappa shape index (κ1) is 39.1. The number of amides is 1. The van der Waals surface area contributed by atoms with Gasteiger partial charge in [0.25, 0.3) is 11.8 Å². The number of nitrogens with zero attached hydrogens (tertiary/aromatic N) is 4. The minimum absolute atomic E-state index is 0.127. The fourth-order valence-corrected chi connectivity index (χ4v) is 5.92. The Labute approximate surface area is 329 Å². The predicted molar refractivity (Wildman–Crippen MR) is 213 cm³/mol. The summed E-state index contributed by atoms with van der Waals surface area (Å²) < 4.78 is 39.2. The summed E-state index contributed by atoms with van der Waals surface area (Å²) in [5, 5.41) is 12.2. The van der Waals surface area contributed by atoms with E-state index in [9.17, 15) is 4.79 Å². The number of furan rings is 1. The third-order valence-corrected chi connectivity index (χ3v) is 8.80. The van der Waals surface area contributed by atoms with E-state index in [0.717, 1.165) is 47.2 Å². The summed E-state index contributed by atoms with van der Waals surface area (Å²) in [5.41, 5.74) is 5.26. The Hall–Kier alpha value is -6.19. The molecule has 0 aliphatic carbocycles. The van der Waals surface area contributed by atoms with Gasteiger partial charge in [0.1, 0.15) is 22.8 Å². The van der Waals surface area contributed by atoms with Gasteiger partial charge in [0.2, 0.25) is 11.7 Å². The molecule has 4 aromatic heterocycles. The van der Waals surface area contributed by atoms with E-state index in [1.165, 1.54) is 5.56 Å². The zero-order chi connectivity index (χ0) is 39.1. The second-order valence-electron chi connectivity index (χ2n) is 13.0. The monoisotopic (exact) mass is 772 g/mol. The average molecular weight is 773 g/mol. The summed E-state index contributed by atoms with van der Waals surface area (Å²) in [4.78, 5) is 25.5. The van der Waals surface area contributed by atoms with Crippen molar-refractivity contribution in [3.05, 3.63) is 120 Å². The van der Waals surface area contributed by atoms with Crippen molar-refractivity contribution in [1.82, 2.24) is 30.7 Å². The van der Waals surface area contributed by atoms with Crippen LogP contribution in [0.1, 0.15) is 16.9 Å². The van der Waals surface area contributed by atoms with Crippen LogP contribution in [0, 0.1) is 0 Å². The molecule has 14 nitrogen and oxygen atoms in total. The Morgan fingerprint density at radius 1 is 0.754 bits per heavy atom. The van der Waals surface area contributed by atoms with Crippen LogP contribution in [0.3, 0.4) is 0 Å². The van der Waals surface area contributed by atoms with Crippen LogP contribution < -0.4 is 20.1 Å². The first-order valence-corrected chi connectivity index (χ1v) is 18.7. The molecule has 0 aliphatic heterocycles. The van der Waals surface area contributed by atoms with Crippen molar-refractivity contribution in [2.24, 2.45) is 0 Å². The van der Waals surface area contributed by atoms with Crippen LogP contribution in [0.4, 0.5) is 0 Å². The molecular weight excluding hydrogens is 729 g/mol. The molecule has 3 aromatic carbocycles. The molecule has 0 aliphatic rings. The third-order valence-electron chi connectivity index (χ3n) is 8.80. The summed E-state index contributed by atoms with van der Waals surface area (Å²) in [6, 6.07) is 31.3. The molecule has 14 heteroatoms. The van der Waals surface area contributed by atoms with Crippen LogP contribution in [0.2, 0.25) is 0 Å². The van der Waals surface area contributed by atoms with Crippen molar-refractivity contribution in [1.29, 1.82) is 0 Å². The van der Waals surface area contributed by atoms with Gasteiger partial charge in [-0.05, 0) is 53.6 Å². The number of rotatable bonds is 22. The Balaban J connectivity index is 0.697. The van der Waals surface area contributed by atoms with Gasteiger partial charge in [0.15, 0.2) is 6.61 Å². The molecule has 294 valence electrons. The van der Waals surface area contributed by atoms with Gasteiger partial charge in [0, 0.05) is 54.7 Å². The van der Waals surface area contributed by atoms with E-state index in [0.29, 0.717) is 86.3 Å². The first-order chi connectivity index (χ1) is 28.1. The number of fused-ring (bicyclic) bond motifs is 2. The third kappa shape index (κ3) is 11.4. The molecule has 7 aromatic rings. The summed E-state index contributed by atoms with van der Waals surface area (Å²) in [5.74, 6) is 2.39. The highest BCUT2D eigenvalue weighted by atomic mass is 16.5. The highest BCUT2D eigenvalue weighted by molar-refractivity contribution is 5.83. The minimum Gasteiger partial charge on any atom is -0.484 e. The first-order valence-electron chi connectivity index (χ1n) is 18.7. The zero-order valence-corrected chi connectivity index (χ0v) is 31.6. The summed E-state index contributed by atoms with van der Waals surface area (Å²) in [7, 11) is 1.54.